The van der Waals surface area contributed by atoms with Gasteiger partial charge in [0.1, 0.15) is 0 Å². The first-order valence-electron chi connectivity index (χ1n) is 2.02. The van der Waals surface area contributed by atoms with Crippen LogP contribution in [0.15, 0.2) is 0 Å². The Bertz CT molecular complexity index is 72.1. The summed E-state index contributed by atoms with van der Waals surface area (Å²) in [5, 5.41) is 8.19. The van der Waals surface area contributed by atoms with Crippen molar-refractivity contribution in [2.45, 2.75) is 11.4 Å². The van der Waals surface area contributed by atoms with E-state index in [1.54, 1.807) is 29.2 Å². The van der Waals surface area contributed by atoms with Crippen LogP contribution in [0.25, 0.3) is 0 Å². The van der Waals surface area contributed by atoms with E-state index in [2.05, 4.69) is 0 Å². The molecule has 1 unspecified atom stereocenters. The van der Waals surface area contributed by atoms with Gasteiger partial charge in [-0.2, -0.15) is 0 Å². The van der Waals surface area contributed by atoms with E-state index < -0.39 is 5.97 Å². The van der Waals surface area contributed by atoms with Crippen molar-refractivity contribution in [2.24, 2.45) is 5.92 Å². The summed E-state index contributed by atoms with van der Waals surface area (Å²) in [5.41, 5.74) is 0. The first-order chi connectivity index (χ1) is 3.18. The molecule has 0 aliphatic heterocycles. The zero-order chi connectivity index (χ0) is 5.86. The third kappa shape index (κ3) is 2.90. The molecule has 0 amide bonds. The predicted molar refractivity (Wildman–Crippen MR) is 28.8 cm³/mol. The van der Waals surface area contributed by atoms with Crippen molar-refractivity contribution in [1.29, 1.82) is 0 Å². The van der Waals surface area contributed by atoms with Gasteiger partial charge in [0.15, 0.2) is 0 Å². The Balaban J connectivity index is 3.34. The van der Waals surface area contributed by atoms with Crippen LogP contribution in [0.2, 0.25) is 4.47 Å². The molecular weight excluding hydrogens is 208 g/mol. The van der Waals surface area contributed by atoms with Gasteiger partial charge in [-0.1, -0.05) is 0 Å². The number of rotatable bonds is 2. The summed E-state index contributed by atoms with van der Waals surface area (Å²) in [7, 11) is 0. The molecule has 0 aromatic rings. The molecule has 0 radical (unpaired) electrons. The third-order valence-corrected chi connectivity index (χ3v) is 2.26. The van der Waals surface area contributed by atoms with Crippen molar-refractivity contribution in [2.75, 3.05) is 0 Å². The Morgan fingerprint density at radius 2 is 2.43 bits per heavy atom. The Morgan fingerprint density at radius 1 is 2.00 bits per heavy atom. The zero-order valence-electron chi connectivity index (χ0n) is 4.09. The molecule has 1 atom stereocenters. The van der Waals surface area contributed by atoms with Crippen LogP contribution in [0.1, 0.15) is 6.92 Å². The first kappa shape index (κ1) is 7.26. The zero-order valence-corrected chi connectivity index (χ0v) is 6.64. The van der Waals surface area contributed by atoms with E-state index in [9.17, 15) is 4.79 Å². The van der Waals surface area contributed by atoms with Gasteiger partial charge in [-0.15, -0.1) is 0 Å². The summed E-state index contributed by atoms with van der Waals surface area (Å²) < 4.78 is 0.768. The van der Waals surface area contributed by atoms with Gasteiger partial charge in [0.25, 0.3) is 0 Å². The number of carboxylic acid groups (broad SMARTS) is 1. The Labute approximate surface area is 55.8 Å². The second-order valence-electron chi connectivity index (χ2n) is 1.42. The van der Waals surface area contributed by atoms with Crippen LogP contribution in [0.5, 0.6) is 0 Å². The Hall–Kier alpha value is 0.260. The molecule has 0 rings (SSSR count). The fourth-order valence-corrected chi connectivity index (χ4v) is 0.524. The SMILES string of the molecule is CC(C[TeH])C(=O)O. The number of hydrogen-bond donors (Lipinski definition) is 1. The maximum atomic E-state index is 9.94. The van der Waals surface area contributed by atoms with Crippen molar-refractivity contribution in [3.63, 3.8) is 0 Å². The number of aliphatic carboxylic acids is 1. The molecule has 42 valence electrons. The van der Waals surface area contributed by atoms with Gasteiger partial charge in [-0.25, -0.2) is 0 Å². The average Bonchev–Trinajstić information content (AvgIpc) is 1.65. The first-order valence-corrected chi connectivity index (χ1v) is 3.82. The molecule has 0 aliphatic carbocycles. The van der Waals surface area contributed by atoms with E-state index >= 15 is 0 Å². The monoisotopic (exact) mass is 218 g/mol. The predicted octanol–water partition coefficient (Wildman–Crippen LogP) is 0.0262. The normalized spacial score (nSPS) is 13.4. The minimum atomic E-state index is -0.694. The summed E-state index contributed by atoms with van der Waals surface area (Å²) in [6.45, 7) is 1.71. The maximum absolute atomic E-state index is 9.94. The van der Waals surface area contributed by atoms with Gasteiger partial charge >= 0.3 is 55.5 Å². The summed E-state index contributed by atoms with van der Waals surface area (Å²) in [4.78, 5) is 9.94. The second-order valence-corrected chi connectivity index (χ2v) is 2.46. The summed E-state index contributed by atoms with van der Waals surface area (Å²) in [6.07, 6.45) is 0. The molecule has 0 aliphatic rings. The van der Waals surface area contributed by atoms with Gasteiger partial charge in [-0.05, 0) is 0 Å². The van der Waals surface area contributed by atoms with Crippen molar-refractivity contribution < 1.29 is 9.90 Å². The Kier molecular flexibility index (Phi) is 3.41. The second kappa shape index (κ2) is 3.29. The fraction of sp³-hybridized carbons (Fsp3) is 0.750. The van der Waals surface area contributed by atoms with Crippen molar-refractivity contribution in [3.05, 3.63) is 0 Å². The van der Waals surface area contributed by atoms with Gasteiger partial charge in [-0.3, -0.25) is 0 Å². The number of hydrogen-bond acceptors (Lipinski definition) is 1. The van der Waals surface area contributed by atoms with Crippen molar-refractivity contribution in [1.82, 2.24) is 0 Å². The molecular formula is C4H8O2Te. The van der Waals surface area contributed by atoms with Gasteiger partial charge in [0, 0.05) is 0 Å². The molecule has 0 heterocycles. The molecule has 3 heteroatoms. The molecule has 0 aromatic carbocycles. The van der Waals surface area contributed by atoms with E-state index in [-0.39, 0.29) is 5.92 Å². The Morgan fingerprint density at radius 3 is 2.43 bits per heavy atom. The number of carboxylic acids is 1. The summed E-state index contributed by atoms with van der Waals surface area (Å²) in [6, 6.07) is 0. The van der Waals surface area contributed by atoms with Gasteiger partial charge < -0.3 is 0 Å². The van der Waals surface area contributed by atoms with Crippen LogP contribution >= 0.6 is 0 Å². The molecule has 0 spiro atoms. The molecule has 0 fully saturated rings. The minimum absolute atomic E-state index is 0.158. The molecule has 0 aromatic heterocycles. The van der Waals surface area contributed by atoms with Crippen molar-refractivity contribution in [3.8, 4) is 0 Å². The topological polar surface area (TPSA) is 37.3 Å². The molecule has 0 saturated heterocycles. The quantitative estimate of drug-likeness (QED) is 0.660. The van der Waals surface area contributed by atoms with Crippen LogP contribution in [0.3, 0.4) is 0 Å². The van der Waals surface area contributed by atoms with Crippen LogP contribution in [-0.4, -0.2) is 33.4 Å². The molecule has 1 N–H and O–H groups in total. The van der Waals surface area contributed by atoms with E-state index in [1.807, 2.05) is 0 Å². The van der Waals surface area contributed by atoms with Crippen LogP contribution in [0.4, 0.5) is 0 Å². The third-order valence-electron chi connectivity index (χ3n) is 0.695. The van der Waals surface area contributed by atoms with Crippen molar-refractivity contribution >= 4 is 28.3 Å². The standard InChI is InChI=1S/C4H8O2Te/c1-3(2-7)4(5)6/h3,7H,2H2,1H3,(H,5,6). The van der Waals surface area contributed by atoms with Gasteiger partial charge in [0.2, 0.25) is 0 Å². The van der Waals surface area contributed by atoms with E-state index in [0.717, 1.165) is 4.47 Å². The molecule has 7 heavy (non-hydrogen) atoms. The summed E-state index contributed by atoms with van der Waals surface area (Å²) in [5.74, 6) is -0.852. The van der Waals surface area contributed by atoms with E-state index in [0.29, 0.717) is 0 Å². The van der Waals surface area contributed by atoms with Crippen LogP contribution in [0, 0.1) is 5.92 Å². The summed E-state index contributed by atoms with van der Waals surface area (Å²) >= 11 is 1.55. The van der Waals surface area contributed by atoms with E-state index in [4.69, 9.17) is 5.11 Å². The fourth-order valence-electron chi connectivity index (χ4n) is 0.0781. The molecule has 2 nitrogen and oxygen atoms in total. The van der Waals surface area contributed by atoms with E-state index in [1.165, 1.54) is 0 Å². The molecule has 0 bridgehead atoms. The van der Waals surface area contributed by atoms with Crippen LogP contribution in [-0.2, 0) is 4.79 Å². The van der Waals surface area contributed by atoms with Crippen LogP contribution < -0.4 is 0 Å². The van der Waals surface area contributed by atoms with Gasteiger partial charge in [0.05, 0.1) is 0 Å². The number of carbonyl (C=O) groups is 1. The average molecular weight is 216 g/mol. The molecule has 0 saturated carbocycles.